The fourth-order valence-corrected chi connectivity index (χ4v) is 7.50. The van der Waals surface area contributed by atoms with E-state index in [2.05, 4.69) is 15.9 Å². The standard InChI is InChI=1S/C18H27BrN2O3/c1-2-24-16(23)21-5-3-20(4-6-21)15(22)17-8-13-7-14(9-17)11-18(19,10-13)12-17/h13-14H,2-12H2,1H3. The van der Waals surface area contributed by atoms with Gasteiger partial charge in [-0.15, -0.1) is 0 Å². The zero-order valence-electron chi connectivity index (χ0n) is 14.4. The molecule has 2 amide bonds. The van der Waals surface area contributed by atoms with Crippen molar-refractivity contribution in [3.8, 4) is 0 Å². The average molecular weight is 399 g/mol. The summed E-state index contributed by atoms with van der Waals surface area (Å²) in [6.07, 6.45) is 6.72. The smallest absolute Gasteiger partial charge is 0.409 e. The Morgan fingerprint density at radius 2 is 1.62 bits per heavy atom. The minimum atomic E-state index is -0.251. The molecule has 4 saturated carbocycles. The summed E-state index contributed by atoms with van der Waals surface area (Å²) in [6.45, 7) is 4.69. The number of carbonyl (C=O) groups is 2. The van der Waals surface area contributed by atoms with Crippen molar-refractivity contribution in [1.82, 2.24) is 9.80 Å². The lowest BCUT2D eigenvalue weighted by Gasteiger charge is -2.60. The third-order valence-electron chi connectivity index (χ3n) is 6.54. The van der Waals surface area contributed by atoms with Gasteiger partial charge in [0, 0.05) is 30.5 Å². The average Bonchev–Trinajstić information content (AvgIpc) is 2.52. The van der Waals surface area contributed by atoms with Crippen LogP contribution < -0.4 is 0 Å². The highest BCUT2D eigenvalue weighted by molar-refractivity contribution is 9.10. The topological polar surface area (TPSA) is 49.9 Å². The Hall–Kier alpha value is -0.780. The number of piperazine rings is 1. The van der Waals surface area contributed by atoms with E-state index in [0.29, 0.717) is 38.7 Å². The predicted molar refractivity (Wildman–Crippen MR) is 93.9 cm³/mol. The molecule has 0 radical (unpaired) electrons. The third-order valence-corrected chi connectivity index (χ3v) is 7.46. The van der Waals surface area contributed by atoms with Crippen LogP contribution in [0.25, 0.3) is 0 Å². The van der Waals surface area contributed by atoms with Crippen molar-refractivity contribution >= 4 is 27.9 Å². The fourth-order valence-electron chi connectivity index (χ4n) is 6.04. The second-order valence-corrected chi connectivity index (χ2v) is 10.1. The minimum absolute atomic E-state index is 0.139. The van der Waals surface area contributed by atoms with Crippen molar-refractivity contribution in [2.45, 2.75) is 49.8 Å². The first-order valence-electron chi connectivity index (χ1n) is 9.33. The number of carbonyl (C=O) groups excluding carboxylic acids is 2. The van der Waals surface area contributed by atoms with Crippen LogP contribution in [-0.4, -0.2) is 58.9 Å². The molecule has 5 nitrogen and oxygen atoms in total. The molecule has 2 atom stereocenters. The van der Waals surface area contributed by atoms with Crippen molar-refractivity contribution in [2.24, 2.45) is 17.3 Å². The lowest BCUT2D eigenvalue weighted by molar-refractivity contribution is -0.157. The zero-order valence-corrected chi connectivity index (χ0v) is 16.0. The molecule has 24 heavy (non-hydrogen) atoms. The quantitative estimate of drug-likeness (QED) is 0.671. The summed E-state index contributed by atoms with van der Waals surface area (Å²) in [4.78, 5) is 28.9. The zero-order chi connectivity index (χ0) is 16.9. The molecule has 0 spiro atoms. The number of hydrogen-bond donors (Lipinski definition) is 0. The molecule has 6 heteroatoms. The lowest BCUT2D eigenvalue weighted by Crippen LogP contribution is -2.61. The van der Waals surface area contributed by atoms with Crippen LogP contribution in [0, 0.1) is 17.3 Å². The van der Waals surface area contributed by atoms with Crippen molar-refractivity contribution in [1.29, 1.82) is 0 Å². The first kappa shape index (κ1) is 16.7. The summed E-state index contributed by atoms with van der Waals surface area (Å²) in [6, 6.07) is 0. The maximum atomic E-state index is 13.4. The highest BCUT2D eigenvalue weighted by Crippen LogP contribution is 2.64. The summed E-state index contributed by atoms with van der Waals surface area (Å²) < 4.78 is 5.28. The first-order chi connectivity index (χ1) is 11.4. The summed E-state index contributed by atoms with van der Waals surface area (Å²) in [7, 11) is 0. The molecule has 0 aromatic rings. The molecule has 4 bridgehead atoms. The summed E-state index contributed by atoms with van der Waals surface area (Å²) in [5.74, 6) is 1.79. The highest BCUT2D eigenvalue weighted by atomic mass is 79.9. The van der Waals surface area contributed by atoms with Crippen molar-refractivity contribution in [2.75, 3.05) is 32.8 Å². The first-order valence-corrected chi connectivity index (χ1v) is 10.1. The van der Waals surface area contributed by atoms with E-state index in [1.54, 1.807) is 4.90 Å². The van der Waals surface area contributed by atoms with Gasteiger partial charge in [0.15, 0.2) is 0 Å². The molecule has 0 aromatic carbocycles. The van der Waals surface area contributed by atoms with E-state index in [1.807, 2.05) is 11.8 Å². The van der Waals surface area contributed by atoms with E-state index < -0.39 is 0 Å². The van der Waals surface area contributed by atoms with Gasteiger partial charge in [0.1, 0.15) is 0 Å². The fraction of sp³-hybridized carbons (Fsp3) is 0.889. The SMILES string of the molecule is CCOC(=O)N1CCN(C(=O)C23CC4CC(CC(Br)(C4)C2)C3)CC1. The Balaban J connectivity index is 1.43. The molecule has 5 aliphatic rings. The Morgan fingerprint density at radius 3 is 2.17 bits per heavy atom. The van der Waals surface area contributed by atoms with Gasteiger partial charge in [-0.3, -0.25) is 4.79 Å². The number of alkyl halides is 1. The minimum Gasteiger partial charge on any atom is -0.450 e. The normalized spacial score (nSPS) is 40.8. The molecule has 5 fully saturated rings. The number of amides is 2. The van der Waals surface area contributed by atoms with E-state index in [-0.39, 0.29) is 15.8 Å². The van der Waals surface area contributed by atoms with E-state index in [0.717, 1.165) is 31.1 Å². The van der Waals surface area contributed by atoms with Gasteiger partial charge in [0.05, 0.1) is 12.0 Å². The maximum Gasteiger partial charge on any atom is 0.409 e. The van der Waals surface area contributed by atoms with Crippen LogP contribution in [0.5, 0.6) is 0 Å². The summed E-state index contributed by atoms with van der Waals surface area (Å²) >= 11 is 3.99. The largest absolute Gasteiger partial charge is 0.450 e. The molecule has 5 rings (SSSR count). The Morgan fingerprint density at radius 1 is 1.04 bits per heavy atom. The van der Waals surface area contributed by atoms with Crippen LogP contribution in [0.4, 0.5) is 4.79 Å². The summed E-state index contributed by atoms with van der Waals surface area (Å²) in [5.41, 5.74) is -0.139. The van der Waals surface area contributed by atoms with Crippen LogP contribution in [0.15, 0.2) is 0 Å². The highest BCUT2D eigenvalue weighted by Gasteiger charge is 2.60. The second-order valence-electron chi connectivity index (χ2n) is 8.37. The monoisotopic (exact) mass is 398 g/mol. The van der Waals surface area contributed by atoms with Gasteiger partial charge in [-0.1, -0.05) is 15.9 Å². The Labute approximate surface area is 152 Å². The predicted octanol–water partition coefficient (Wildman–Crippen LogP) is 3.02. The lowest BCUT2D eigenvalue weighted by atomic mass is 9.49. The van der Waals surface area contributed by atoms with Crippen molar-refractivity contribution in [3.63, 3.8) is 0 Å². The number of halogens is 1. The molecular weight excluding hydrogens is 372 g/mol. The van der Waals surface area contributed by atoms with Crippen molar-refractivity contribution < 1.29 is 14.3 Å². The molecule has 2 unspecified atom stereocenters. The molecular formula is C18H27BrN2O3. The second kappa shape index (κ2) is 5.89. The van der Waals surface area contributed by atoms with Crippen LogP contribution in [0.2, 0.25) is 0 Å². The van der Waals surface area contributed by atoms with E-state index in [1.165, 1.54) is 19.3 Å². The maximum absolute atomic E-state index is 13.4. The van der Waals surface area contributed by atoms with E-state index in [9.17, 15) is 9.59 Å². The Kier molecular flexibility index (Phi) is 4.09. The molecule has 1 saturated heterocycles. The van der Waals surface area contributed by atoms with Crippen LogP contribution >= 0.6 is 15.9 Å². The van der Waals surface area contributed by atoms with Gasteiger partial charge < -0.3 is 14.5 Å². The van der Waals surface area contributed by atoms with Gasteiger partial charge in [0.2, 0.25) is 5.91 Å². The molecule has 1 aliphatic heterocycles. The van der Waals surface area contributed by atoms with Crippen LogP contribution in [-0.2, 0) is 9.53 Å². The van der Waals surface area contributed by atoms with E-state index in [4.69, 9.17) is 4.74 Å². The van der Waals surface area contributed by atoms with Crippen LogP contribution in [0.1, 0.15) is 45.4 Å². The Bertz CT molecular complexity index is 530. The third kappa shape index (κ3) is 2.74. The van der Waals surface area contributed by atoms with E-state index >= 15 is 0 Å². The molecule has 134 valence electrons. The van der Waals surface area contributed by atoms with Gasteiger partial charge in [0.25, 0.3) is 0 Å². The van der Waals surface area contributed by atoms with Gasteiger partial charge in [-0.25, -0.2) is 4.79 Å². The summed E-state index contributed by atoms with van der Waals surface area (Å²) in [5, 5.41) is 0. The number of ether oxygens (including phenoxy) is 1. The number of nitrogens with zero attached hydrogens (tertiary/aromatic N) is 2. The van der Waals surface area contributed by atoms with Gasteiger partial charge >= 0.3 is 6.09 Å². The molecule has 4 aliphatic carbocycles. The van der Waals surface area contributed by atoms with Gasteiger partial charge in [-0.2, -0.15) is 0 Å². The number of rotatable bonds is 2. The van der Waals surface area contributed by atoms with Gasteiger partial charge in [-0.05, 0) is 57.3 Å². The van der Waals surface area contributed by atoms with Crippen LogP contribution in [0.3, 0.4) is 0 Å². The van der Waals surface area contributed by atoms with Crippen molar-refractivity contribution in [3.05, 3.63) is 0 Å². The molecule has 0 N–H and O–H groups in total. The molecule has 0 aromatic heterocycles. The number of hydrogen-bond acceptors (Lipinski definition) is 3. The molecule has 1 heterocycles.